The lowest BCUT2D eigenvalue weighted by atomic mass is 10.0. The Kier molecular flexibility index (Phi) is 3.30. The number of hydrogen-bond donors (Lipinski definition) is 1. The highest BCUT2D eigenvalue weighted by molar-refractivity contribution is 5.99. The average Bonchev–Trinajstić information content (AvgIpc) is 2.47. The van der Waals surface area contributed by atoms with Gasteiger partial charge in [-0.3, -0.25) is 4.79 Å². The first-order valence-electron chi connectivity index (χ1n) is 7.13. The fraction of sp³-hybridized carbons (Fsp3) is 0.375. The Morgan fingerprint density at radius 3 is 2.95 bits per heavy atom. The number of pyridine rings is 1. The number of anilines is 1. The summed E-state index contributed by atoms with van der Waals surface area (Å²) in [6, 6.07) is 9.63. The highest BCUT2D eigenvalue weighted by Gasteiger charge is 2.25. The summed E-state index contributed by atoms with van der Waals surface area (Å²) < 4.78 is 0. The lowest BCUT2D eigenvalue weighted by molar-refractivity contribution is 0.0630. The Morgan fingerprint density at radius 1 is 1.35 bits per heavy atom. The summed E-state index contributed by atoms with van der Waals surface area (Å²) in [4.78, 5) is 19.0. The van der Waals surface area contributed by atoms with Gasteiger partial charge in [0.15, 0.2) is 0 Å². The van der Waals surface area contributed by atoms with Gasteiger partial charge in [0.05, 0.1) is 5.52 Å². The van der Waals surface area contributed by atoms with E-state index in [1.165, 1.54) is 6.42 Å². The zero-order valence-electron chi connectivity index (χ0n) is 11.7. The Morgan fingerprint density at radius 2 is 2.15 bits per heavy atom. The van der Waals surface area contributed by atoms with Crippen molar-refractivity contribution in [2.45, 2.75) is 32.2 Å². The van der Waals surface area contributed by atoms with Crippen LogP contribution in [0.2, 0.25) is 0 Å². The van der Waals surface area contributed by atoms with Crippen LogP contribution >= 0.6 is 0 Å². The molecule has 1 amide bonds. The van der Waals surface area contributed by atoms with E-state index in [-0.39, 0.29) is 11.9 Å². The quantitative estimate of drug-likeness (QED) is 0.866. The molecule has 2 heterocycles. The maximum Gasteiger partial charge on any atom is 0.272 e. The fourth-order valence-electron chi connectivity index (χ4n) is 2.86. The second-order valence-corrected chi connectivity index (χ2v) is 5.46. The van der Waals surface area contributed by atoms with Gasteiger partial charge in [0.1, 0.15) is 5.69 Å². The minimum atomic E-state index is -0.00495. The highest BCUT2D eigenvalue weighted by Crippen LogP contribution is 2.23. The normalized spacial score (nSPS) is 19.2. The van der Waals surface area contributed by atoms with Crippen LogP contribution in [0.3, 0.4) is 0 Å². The Labute approximate surface area is 118 Å². The predicted molar refractivity (Wildman–Crippen MR) is 80.5 cm³/mol. The maximum absolute atomic E-state index is 12.6. The van der Waals surface area contributed by atoms with E-state index in [2.05, 4.69) is 11.9 Å². The molecular formula is C16H19N3O. The van der Waals surface area contributed by atoms with Crippen LogP contribution in [-0.4, -0.2) is 28.4 Å². The molecule has 2 N–H and O–H groups in total. The van der Waals surface area contributed by atoms with Crippen molar-refractivity contribution in [3.8, 4) is 0 Å². The summed E-state index contributed by atoms with van der Waals surface area (Å²) in [6.07, 6.45) is 3.33. The van der Waals surface area contributed by atoms with Gasteiger partial charge in [-0.2, -0.15) is 0 Å². The molecule has 0 spiro atoms. The van der Waals surface area contributed by atoms with Crippen molar-refractivity contribution < 1.29 is 4.79 Å². The first-order valence-corrected chi connectivity index (χ1v) is 7.13. The molecule has 1 aliphatic rings. The second kappa shape index (κ2) is 5.12. The van der Waals surface area contributed by atoms with Gasteiger partial charge in [0.25, 0.3) is 5.91 Å². The largest absolute Gasteiger partial charge is 0.398 e. The van der Waals surface area contributed by atoms with Crippen molar-refractivity contribution in [2.75, 3.05) is 12.3 Å². The lowest BCUT2D eigenvalue weighted by Crippen LogP contribution is -2.42. The van der Waals surface area contributed by atoms with Gasteiger partial charge in [-0.15, -0.1) is 0 Å². The van der Waals surface area contributed by atoms with Crippen LogP contribution in [0.5, 0.6) is 0 Å². The molecule has 1 saturated heterocycles. The number of para-hydroxylation sites is 1. The molecule has 1 aliphatic heterocycles. The first-order chi connectivity index (χ1) is 9.66. The number of carbonyl (C=O) groups is 1. The van der Waals surface area contributed by atoms with Crippen molar-refractivity contribution >= 4 is 22.5 Å². The number of piperidine rings is 1. The minimum Gasteiger partial charge on any atom is -0.398 e. The number of amides is 1. The number of likely N-dealkylation sites (tertiary alicyclic amines) is 1. The van der Waals surface area contributed by atoms with Crippen LogP contribution in [-0.2, 0) is 0 Å². The maximum atomic E-state index is 12.6. The van der Waals surface area contributed by atoms with Crippen LogP contribution in [0.4, 0.5) is 5.69 Å². The zero-order valence-corrected chi connectivity index (χ0v) is 11.7. The van der Waals surface area contributed by atoms with Gasteiger partial charge in [-0.1, -0.05) is 18.2 Å². The van der Waals surface area contributed by atoms with E-state index in [0.29, 0.717) is 11.4 Å². The summed E-state index contributed by atoms with van der Waals surface area (Å²) in [5.41, 5.74) is 7.89. The summed E-state index contributed by atoms with van der Waals surface area (Å²) in [5.74, 6) is -0.00495. The van der Waals surface area contributed by atoms with Gasteiger partial charge < -0.3 is 10.6 Å². The zero-order chi connectivity index (χ0) is 14.1. The van der Waals surface area contributed by atoms with Crippen LogP contribution in [0.15, 0.2) is 30.3 Å². The fourth-order valence-corrected chi connectivity index (χ4v) is 2.86. The molecule has 104 valence electrons. The standard InChI is InChI=1S/C16H19N3O/c1-11-6-4-5-9-19(11)16(20)15-10-13(17)12-7-2-3-8-14(12)18-15/h2-3,7-8,10-11H,4-6,9H2,1H3,(H2,17,18). The van der Waals surface area contributed by atoms with E-state index in [1.54, 1.807) is 6.07 Å². The molecule has 0 aliphatic carbocycles. The van der Waals surface area contributed by atoms with Crippen LogP contribution in [0, 0.1) is 0 Å². The Bertz CT molecular complexity index is 653. The number of aromatic nitrogens is 1. The number of benzene rings is 1. The van der Waals surface area contributed by atoms with Crippen LogP contribution in [0.1, 0.15) is 36.7 Å². The molecule has 1 unspecified atom stereocenters. The predicted octanol–water partition coefficient (Wildman–Crippen LogP) is 2.83. The second-order valence-electron chi connectivity index (χ2n) is 5.46. The Hall–Kier alpha value is -2.10. The number of fused-ring (bicyclic) bond motifs is 1. The van der Waals surface area contributed by atoms with Crippen molar-refractivity contribution in [2.24, 2.45) is 0 Å². The van der Waals surface area contributed by atoms with Crippen molar-refractivity contribution in [3.05, 3.63) is 36.0 Å². The molecular weight excluding hydrogens is 250 g/mol. The highest BCUT2D eigenvalue weighted by atomic mass is 16.2. The molecule has 0 bridgehead atoms. The molecule has 1 atom stereocenters. The van der Waals surface area contributed by atoms with Gasteiger partial charge in [-0.25, -0.2) is 4.98 Å². The number of nitrogens with two attached hydrogens (primary N) is 1. The summed E-state index contributed by atoms with van der Waals surface area (Å²) >= 11 is 0. The van der Waals surface area contributed by atoms with Crippen LogP contribution < -0.4 is 5.73 Å². The molecule has 0 saturated carbocycles. The van der Waals surface area contributed by atoms with E-state index in [0.717, 1.165) is 30.3 Å². The van der Waals surface area contributed by atoms with Crippen molar-refractivity contribution in [3.63, 3.8) is 0 Å². The van der Waals surface area contributed by atoms with Gasteiger partial charge in [0, 0.05) is 23.7 Å². The third kappa shape index (κ3) is 2.22. The number of carbonyl (C=O) groups excluding carboxylic acids is 1. The third-order valence-corrected chi connectivity index (χ3v) is 4.03. The van der Waals surface area contributed by atoms with Gasteiger partial charge >= 0.3 is 0 Å². The molecule has 20 heavy (non-hydrogen) atoms. The third-order valence-electron chi connectivity index (χ3n) is 4.03. The molecule has 1 aromatic heterocycles. The molecule has 4 heteroatoms. The number of hydrogen-bond acceptors (Lipinski definition) is 3. The molecule has 1 fully saturated rings. The monoisotopic (exact) mass is 269 g/mol. The van der Waals surface area contributed by atoms with E-state index >= 15 is 0 Å². The number of nitrogens with zero attached hydrogens (tertiary/aromatic N) is 2. The van der Waals surface area contributed by atoms with Crippen molar-refractivity contribution in [1.29, 1.82) is 0 Å². The van der Waals surface area contributed by atoms with Crippen LogP contribution in [0.25, 0.3) is 10.9 Å². The molecule has 3 rings (SSSR count). The van der Waals surface area contributed by atoms with E-state index < -0.39 is 0 Å². The van der Waals surface area contributed by atoms with Crippen molar-refractivity contribution in [1.82, 2.24) is 9.88 Å². The first kappa shape index (κ1) is 12.9. The smallest absolute Gasteiger partial charge is 0.272 e. The average molecular weight is 269 g/mol. The van der Waals surface area contributed by atoms with Gasteiger partial charge in [-0.05, 0) is 38.3 Å². The van der Waals surface area contributed by atoms with Gasteiger partial charge in [0.2, 0.25) is 0 Å². The molecule has 1 aromatic carbocycles. The van der Waals surface area contributed by atoms with E-state index in [9.17, 15) is 4.79 Å². The topological polar surface area (TPSA) is 59.2 Å². The minimum absolute atomic E-state index is 0.00495. The summed E-state index contributed by atoms with van der Waals surface area (Å²) in [5, 5.41) is 0.899. The van der Waals surface area contributed by atoms with E-state index in [4.69, 9.17) is 5.73 Å². The molecule has 2 aromatic rings. The molecule has 4 nitrogen and oxygen atoms in total. The number of nitrogen functional groups attached to an aromatic ring is 1. The SMILES string of the molecule is CC1CCCCN1C(=O)c1cc(N)c2ccccc2n1. The Balaban J connectivity index is 1.99. The summed E-state index contributed by atoms with van der Waals surface area (Å²) in [7, 11) is 0. The summed E-state index contributed by atoms with van der Waals surface area (Å²) in [6.45, 7) is 2.91. The lowest BCUT2D eigenvalue weighted by Gasteiger charge is -2.33. The molecule has 0 radical (unpaired) electrons. The number of rotatable bonds is 1. The van der Waals surface area contributed by atoms with E-state index in [1.807, 2.05) is 29.2 Å².